The quantitative estimate of drug-likeness (QED) is 0.778. The molecule has 0 aliphatic carbocycles. The summed E-state index contributed by atoms with van der Waals surface area (Å²) in [5.41, 5.74) is 1.43. The Kier molecular flexibility index (Phi) is 6.46. The first kappa shape index (κ1) is 17.4. The molecule has 1 aromatic heterocycles. The van der Waals surface area contributed by atoms with Gasteiger partial charge in [0.1, 0.15) is 0 Å². The van der Waals surface area contributed by atoms with Crippen molar-refractivity contribution in [2.45, 2.75) is 78.9 Å². The van der Waals surface area contributed by atoms with Crippen LogP contribution in [0.1, 0.15) is 65.0 Å². The summed E-state index contributed by atoms with van der Waals surface area (Å²) in [7, 11) is 2.16. The summed E-state index contributed by atoms with van der Waals surface area (Å²) in [4.78, 5) is 8.62. The van der Waals surface area contributed by atoms with Crippen LogP contribution in [0, 0.1) is 0 Å². The molecule has 0 fully saturated rings. The Morgan fingerprint density at radius 2 is 1.95 bits per heavy atom. The molecule has 0 atom stereocenters. The minimum Gasteiger partial charge on any atom is -0.346 e. The van der Waals surface area contributed by atoms with Crippen LogP contribution in [0.4, 0.5) is 5.13 Å². The third-order valence-corrected chi connectivity index (χ3v) is 5.16. The van der Waals surface area contributed by atoms with Crippen molar-refractivity contribution in [1.29, 1.82) is 0 Å². The van der Waals surface area contributed by atoms with E-state index in [1.807, 2.05) is 11.3 Å². The van der Waals surface area contributed by atoms with Gasteiger partial charge in [0.05, 0.1) is 5.69 Å². The fourth-order valence-electron chi connectivity index (χ4n) is 1.88. The predicted octanol–water partition coefficient (Wildman–Crippen LogP) is 4.22. The van der Waals surface area contributed by atoms with Gasteiger partial charge in [-0.1, -0.05) is 34.1 Å². The van der Waals surface area contributed by atoms with Gasteiger partial charge in [-0.05, 0) is 26.7 Å². The molecule has 1 heterocycles. The van der Waals surface area contributed by atoms with Crippen LogP contribution in [0.15, 0.2) is 0 Å². The van der Waals surface area contributed by atoms with Crippen LogP contribution in [-0.4, -0.2) is 23.6 Å². The molecule has 0 unspecified atom stereocenters. The summed E-state index contributed by atoms with van der Waals surface area (Å²) >= 11 is 1.84. The topological polar surface area (TPSA) is 28.2 Å². The van der Waals surface area contributed by atoms with Gasteiger partial charge in [0.25, 0.3) is 0 Å². The van der Waals surface area contributed by atoms with Gasteiger partial charge in [-0.2, -0.15) is 0 Å². The standard InChI is InChI=1S/C16H31N3S/c1-8-10-13-14(11-17-12(3)4)20-15(18-13)19(7)16(5,6)9-2/h12,17H,8-11H2,1-7H3. The Bertz CT molecular complexity index is 410. The van der Waals surface area contributed by atoms with Gasteiger partial charge in [0.2, 0.25) is 0 Å². The van der Waals surface area contributed by atoms with E-state index in [1.54, 1.807) is 0 Å². The zero-order chi connectivity index (χ0) is 15.3. The zero-order valence-corrected chi connectivity index (χ0v) is 15.0. The van der Waals surface area contributed by atoms with Crippen molar-refractivity contribution in [2.24, 2.45) is 0 Å². The first-order chi connectivity index (χ1) is 9.31. The highest BCUT2D eigenvalue weighted by atomic mass is 32.1. The normalized spacial score (nSPS) is 12.2. The van der Waals surface area contributed by atoms with Crippen LogP contribution in [0.5, 0.6) is 0 Å². The average molecular weight is 298 g/mol. The van der Waals surface area contributed by atoms with Crippen LogP contribution < -0.4 is 10.2 Å². The Morgan fingerprint density at radius 3 is 2.45 bits per heavy atom. The lowest BCUT2D eigenvalue weighted by molar-refractivity contribution is 0.470. The Morgan fingerprint density at radius 1 is 1.30 bits per heavy atom. The van der Waals surface area contributed by atoms with E-state index >= 15 is 0 Å². The van der Waals surface area contributed by atoms with Crippen LogP contribution in [0.2, 0.25) is 0 Å². The monoisotopic (exact) mass is 297 g/mol. The molecule has 0 aliphatic rings. The Labute approximate surface area is 128 Å². The number of rotatable bonds is 8. The number of aryl methyl sites for hydroxylation is 1. The molecule has 0 saturated heterocycles. The van der Waals surface area contributed by atoms with Crippen LogP contribution in [-0.2, 0) is 13.0 Å². The lowest BCUT2D eigenvalue weighted by Gasteiger charge is -2.34. The van der Waals surface area contributed by atoms with Gasteiger partial charge < -0.3 is 10.2 Å². The Hall–Kier alpha value is -0.610. The second kappa shape index (κ2) is 7.41. The van der Waals surface area contributed by atoms with E-state index in [-0.39, 0.29) is 5.54 Å². The maximum atomic E-state index is 4.90. The molecule has 1 rings (SSSR count). The van der Waals surface area contributed by atoms with E-state index < -0.39 is 0 Å². The number of hydrogen-bond donors (Lipinski definition) is 1. The van der Waals surface area contributed by atoms with E-state index in [0.29, 0.717) is 6.04 Å². The number of nitrogens with zero attached hydrogens (tertiary/aromatic N) is 2. The fourth-order valence-corrected chi connectivity index (χ4v) is 3.06. The number of anilines is 1. The van der Waals surface area contributed by atoms with Gasteiger partial charge in [0.15, 0.2) is 5.13 Å². The SMILES string of the molecule is CCCc1nc(N(C)C(C)(C)CC)sc1CNC(C)C. The van der Waals surface area contributed by atoms with Gasteiger partial charge in [-0.15, -0.1) is 11.3 Å². The molecule has 116 valence electrons. The van der Waals surface area contributed by atoms with E-state index in [9.17, 15) is 0 Å². The van der Waals surface area contributed by atoms with Crippen molar-refractivity contribution in [3.63, 3.8) is 0 Å². The lowest BCUT2D eigenvalue weighted by atomic mass is 10.0. The number of nitrogens with one attached hydrogen (secondary N) is 1. The molecule has 0 aromatic carbocycles. The van der Waals surface area contributed by atoms with Crippen LogP contribution in [0.25, 0.3) is 0 Å². The summed E-state index contributed by atoms with van der Waals surface area (Å²) in [6.45, 7) is 14.3. The predicted molar refractivity (Wildman–Crippen MR) is 90.9 cm³/mol. The molecular formula is C16H31N3S. The summed E-state index contributed by atoms with van der Waals surface area (Å²) in [5, 5.41) is 4.67. The minimum atomic E-state index is 0.157. The van der Waals surface area contributed by atoms with Crippen LogP contribution in [0.3, 0.4) is 0 Å². The van der Waals surface area contributed by atoms with Gasteiger partial charge >= 0.3 is 0 Å². The van der Waals surface area contributed by atoms with E-state index in [4.69, 9.17) is 4.98 Å². The number of thiazole rings is 1. The molecular weight excluding hydrogens is 266 g/mol. The van der Waals surface area contributed by atoms with Crippen molar-refractivity contribution < 1.29 is 0 Å². The van der Waals surface area contributed by atoms with E-state index in [2.05, 4.69) is 58.8 Å². The third kappa shape index (κ3) is 4.45. The highest BCUT2D eigenvalue weighted by molar-refractivity contribution is 7.15. The summed E-state index contributed by atoms with van der Waals surface area (Å²) in [5.74, 6) is 0. The molecule has 0 saturated carbocycles. The van der Waals surface area contributed by atoms with Gasteiger partial charge in [-0.3, -0.25) is 0 Å². The molecule has 0 aliphatic heterocycles. The Balaban J connectivity index is 2.95. The van der Waals surface area contributed by atoms with Gasteiger partial charge in [0, 0.05) is 30.1 Å². The molecule has 0 bridgehead atoms. The zero-order valence-electron chi connectivity index (χ0n) is 14.2. The first-order valence-corrected chi connectivity index (χ1v) is 8.59. The molecule has 0 amide bonds. The number of aromatic nitrogens is 1. The highest BCUT2D eigenvalue weighted by Crippen LogP contribution is 2.31. The smallest absolute Gasteiger partial charge is 0.186 e. The van der Waals surface area contributed by atoms with Crippen molar-refractivity contribution in [3.8, 4) is 0 Å². The fraction of sp³-hybridized carbons (Fsp3) is 0.812. The molecule has 1 aromatic rings. The van der Waals surface area contributed by atoms with Crippen molar-refractivity contribution in [3.05, 3.63) is 10.6 Å². The van der Waals surface area contributed by atoms with E-state index in [0.717, 1.165) is 30.9 Å². The molecule has 1 N–H and O–H groups in total. The third-order valence-electron chi connectivity index (χ3n) is 3.98. The van der Waals surface area contributed by atoms with Gasteiger partial charge in [-0.25, -0.2) is 4.98 Å². The second-order valence-corrected chi connectivity index (χ2v) is 7.44. The van der Waals surface area contributed by atoms with Crippen molar-refractivity contribution in [1.82, 2.24) is 10.3 Å². The van der Waals surface area contributed by atoms with Crippen molar-refractivity contribution in [2.75, 3.05) is 11.9 Å². The van der Waals surface area contributed by atoms with Crippen molar-refractivity contribution >= 4 is 16.5 Å². The largest absolute Gasteiger partial charge is 0.346 e. The molecule has 3 nitrogen and oxygen atoms in total. The van der Waals surface area contributed by atoms with E-state index in [1.165, 1.54) is 10.6 Å². The highest BCUT2D eigenvalue weighted by Gasteiger charge is 2.25. The summed E-state index contributed by atoms with van der Waals surface area (Å²) in [6.07, 6.45) is 3.34. The number of hydrogen-bond acceptors (Lipinski definition) is 4. The lowest BCUT2D eigenvalue weighted by Crippen LogP contribution is -2.40. The minimum absolute atomic E-state index is 0.157. The van der Waals surface area contributed by atoms with Crippen LogP contribution >= 0.6 is 11.3 Å². The second-order valence-electron chi connectivity index (χ2n) is 6.38. The average Bonchev–Trinajstić information content (AvgIpc) is 2.79. The summed E-state index contributed by atoms with van der Waals surface area (Å²) in [6, 6.07) is 0.514. The summed E-state index contributed by atoms with van der Waals surface area (Å²) < 4.78 is 0. The molecule has 4 heteroatoms. The first-order valence-electron chi connectivity index (χ1n) is 7.77. The molecule has 0 radical (unpaired) electrons. The molecule has 20 heavy (non-hydrogen) atoms. The maximum absolute atomic E-state index is 4.90. The maximum Gasteiger partial charge on any atom is 0.186 e. The molecule has 0 spiro atoms.